The molecule has 156 valence electrons. The largest absolute Gasteiger partial charge is 0.468 e. The molecule has 3 aromatic rings. The van der Waals surface area contributed by atoms with E-state index in [2.05, 4.69) is 19.1 Å². The molecule has 1 amide bonds. The fraction of sp³-hybridized carbons (Fsp3) is 0.375. The number of anilines is 1. The zero-order chi connectivity index (χ0) is 21.1. The molecule has 1 atom stereocenters. The first kappa shape index (κ1) is 20.1. The van der Waals surface area contributed by atoms with E-state index in [1.165, 1.54) is 25.5 Å². The van der Waals surface area contributed by atoms with Gasteiger partial charge in [-0.1, -0.05) is 37.6 Å². The van der Waals surface area contributed by atoms with Crippen molar-refractivity contribution in [1.82, 2.24) is 9.55 Å². The van der Waals surface area contributed by atoms with Crippen molar-refractivity contribution in [2.45, 2.75) is 45.1 Å². The average molecular weight is 405 g/mol. The van der Waals surface area contributed by atoms with Gasteiger partial charge in [-0.15, -0.1) is 0 Å². The summed E-state index contributed by atoms with van der Waals surface area (Å²) in [6.45, 7) is 2.83. The van der Waals surface area contributed by atoms with Gasteiger partial charge in [-0.25, -0.2) is 4.98 Å². The van der Waals surface area contributed by atoms with Crippen LogP contribution < -0.4 is 4.90 Å². The monoisotopic (exact) mass is 405 g/mol. The number of hydrogen-bond donors (Lipinski definition) is 0. The highest BCUT2D eigenvalue weighted by Crippen LogP contribution is 2.33. The number of hydrogen-bond acceptors (Lipinski definition) is 4. The van der Waals surface area contributed by atoms with Gasteiger partial charge in [0, 0.05) is 24.6 Å². The summed E-state index contributed by atoms with van der Waals surface area (Å²) in [5.74, 6) is 0.438. The lowest BCUT2D eigenvalue weighted by Gasteiger charge is -2.18. The highest BCUT2D eigenvalue weighted by atomic mass is 16.5. The molecule has 0 saturated carbocycles. The average Bonchev–Trinajstić information content (AvgIpc) is 3.33. The zero-order valence-corrected chi connectivity index (χ0v) is 17.5. The molecule has 0 bridgehead atoms. The van der Waals surface area contributed by atoms with Crippen LogP contribution in [0.5, 0.6) is 0 Å². The van der Waals surface area contributed by atoms with Crippen molar-refractivity contribution in [3.63, 3.8) is 0 Å². The molecule has 0 spiro atoms. The van der Waals surface area contributed by atoms with Crippen LogP contribution in [0, 0.1) is 0 Å². The predicted molar refractivity (Wildman–Crippen MR) is 117 cm³/mol. The lowest BCUT2D eigenvalue weighted by atomic mass is 10.1. The van der Waals surface area contributed by atoms with Gasteiger partial charge < -0.3 is 14.2 Å². The summed E-state index contributed by atoms with van der Waals surface area (Å²) >= 11 is 0. The van der Waals surface area contributed by atoms with Crippen LogP contribution in [0.2, 0.25) is 0 Å². The second-order valence-corrected chi connectivity index (χ2v) is 7.80. The van der Waals surface area contributed by atoms with Crippen LogP contribution in [0.3, 0.4) is 0 Å². The van der Waals surface area contributed by atoms with E-state index >= 15 is 0 Å². The van der Waals surface area contributed by atoms with Crippen molar-refractivity contribution in [3.8, 4) is 0 Å². The molecule has 1 saturated heterocycles. The number of rotatable bonds is 7. The van der Waals surface area contributed by atoms with Gasteiger partial charge in [0.2, 0.25) is 5.91 Å². The van der Waals surface area contributed by atoms with Crippen LogP contribution in [-0.4, -0.2) is 35.1 Å². The van der Waals surface area contributed by atoms with E-state index in [0.717, 1.165) is 29.0 Å². The number of aryl methyl sites for hydroxylation is 1. The van der Waals surface area contributed by atoms with Gasteiger partial charge in [-0.3, -0.25) is 9.59 Å². The summed E-state index contributed by atoms with van der Waals surface area (Å²) < 4.78 is 6.76. The molecule has 0 N–H and O–H groups in total. The number of carbonyl (C=O) groups excluding carboxylic acids is 2. The topological polar surface area (TPSA) is 64.4 Å². The standard InChI is InChI=1S/C24H27N3O3/c1-3-4-7-17-10-12-19(13-11-17)26-15-18(14-22(26)28)24-25-20-8-5-6-9-21(20)27(24)16-23(29)30-2/h5-6,8-13,18H,3-4,7,14-16H2,1-2H3/t18-/m0/s1. The van der Waals surface area contributed by atoms with Crippen LogP contribution >= 0.6 is 0 Å². The molecule has 0 aliphatic carbocycles. The summed E-state index contributed by atoms with van der Waals surface area (Å²) in [5, 5.41) is 0. The molecule has 30 heavy (non-hydrogen) atoms. The predicted octanol–water partition coefficient (Wildman–Crippen LogP) is 4.07. The minimum atomic E-state index is -0.330. The Hall–Kier alpha value is -3.15. The number of carbonyl (C=O) groups is 2. The molecule has 1 aliphatic rings. The number of methoxy groups -OCH3 is 1. The second-order valence-electron chi connectivity index (χ2n) is 7.80. The first-order valence-corrected chi connectivity index (χ1v) is 10.5. The van der Waals surface area contributed by atoms with Crippen molar-refractivity contribution >= 4 is 28.6 Å². The molecule has 2 heterocycles. The van der Waals surface area contributed by atoms with Crippen molar-refractivity contribution in [3.05, 3.63) is 59.9 Å². The van der Waals surface area contributed by atoms with Gasteiger partial charge in [-0.05, 0) is 42.7 Å². The zero-order valence-electron chi connectivity index (χ0n) is 17.5. The molecule has 0 radical (unpaired) electrons. The van der Waals surface area contributed by atoms with Crippen LogP contribution in [0.25, 0.3) is 11.0 Å². The highest BCUT2D eigenvalue weighted by Gasteiger charge is 2.35. The summed E-state index contributed by atoms with van der Waals surface area (Å²) in [6.07, 6.45) is 3.77. The molecule has 6 nitrogen and oxygen atoms in total. The normalized spacial score (nSPS) is 16.4. The van der Waals surface area contributed by atoms with Gasteiger partial charge in [0.15, 0.2) is 0 Å². The van der Waals surface area contributed by atoms with Gasteiger partial charge in [-0.2, -0.15) is 0 Å². The molecule has 6 heteroatoms. The van der Waals surface area contributed by atoms with E-state index in [9.17, 15) is 9.59 Å². The third-order valence-corrected chi connectivity index (χ3v) is 5.76. The number of amides is 1. The Balaban J connectivity index is 1.60. The summed E-state index contributed by atoms with van der Waals surface area (Å²) in [7, 11) is 1.38. The van der Waals surface area contributed by atoms with Crippen molar-refractivity contribution in [2.24, 2.45) is 0 Å². The van der Waals surface area contributed by atoms with Gasteiger partial charge in [0.25, 0.3) is 0 Å². The van der Waals surface area contributed by atoms with Gasteiger partial charge in [0.1, 0.15) is 12.4 Å². The molecule has 4 rings (SSSR count). The third-order valence-electron chi connectivity index (χ3n) is 5.76. The SMILES string of the molecule is CCCCc1ccc(N2C[C@@H](c3nc4ccccc4n3CC(=O)OC)CC2=O)cc1. The quantitative estimate of drug-likeness (QED) is 0.556. The summed E-state index contributed by atoms with van der Waals surface area (Å²) in [6, 6.07) is 16.0. The minimum absolute atomic E-state index is 0.0747. The minimum Gasteiger partial charge on any atom is -0.468 e. The molecular weight excluding hydrogens is 378 g/mol. The number of imidazole rings is 1. The van der Waals surface area contributed by atoms with Crippen LogP contribution in [0.15, 0.2) is 48.5 Å². The Bertz CT molecular complexity index is 1060. The molecule has 1 aromatic heterocycles. The van der Waals surface area contributed by atoms with E-state index in [4.69, 9.17) is 9.72 Å². The van der Waals surface area contributed by atoms with Crippen LogP contribution in [0.1, 0.15) is 43.5 Å². The Kier molecular flexibility index (Phi) is 5.84. The Labute approximate surface area is 176 Å². The Morgan fingerprint density at radius 2 is 1.93 bits per heavy atom. The number of fused-ring (bicyclic) bond motifs is 1. The number of para-hydroxylation sites is 2. The van der Waals surface area contributed by atoms with E-state index < -0.39 is 0 Å². The third kappa shape index (κ3) is 3.95. The maximum Gasteiger partial charge on any atom is 0.325 e. The van der Waals surface area contributed by atoms with E-state index in [-0.39, 0.29) is 24.3 Å². The highest BCUT2D eigenvalue weighted by molar-refractivity contribution is 5.96. The molecule has 1 aliphatic heterocycles. The molecule has 1 fully saturated rings. The van der Waals surface area contributed by atoms with Crippen molar-refractivity contribution < 1.29 is 14.3 Å². The maximum absolute atomic E-state index is 12.8. The number of nitrogens with zero attached hydrogens (tertiary/aromatic N) is 3. The summed E-state index contributed by atoms with van der Waals surface area (Å²) in [5.41, 5.74) is 3.91. The van der Waals surface area contributed by atoms with Gasteiger partial charge >= 0.3 is 5.97 Å². The van der Waals surface area contributed by atoms with E-state index in [1.54, 1.807) is 0 Å². The lowest BCUT2D eigenvalue weighted by molar-refractivity contribution is -0.141. The number of aromatic nitrogens is 2. The summed E-state index contributed by atoms with van der Waals surface area (Å²) in [4.78, 5) is 31.4. The molecule has 2 aromatic carbocycles. The first-order valence-electron chi connectivity index (χ1n) is 10.5. The fourth-order valence-electron chi connectivity index (χ4n) is 4.12. The number of benzene rings is 2. The van der Waals surface area contributed by atoms with Crippen LogP contribution in [-0.2, 0) is 27.3 Å². The smallest absolute Gasteiger partial charge is 0.325 e. The van der Waals surface area contributed by atoms with E-state index in [0.29, 0.717) is 13.0 Å². The molecule has 0 unspecified atom stereocenters. The second kappa shape index (κ2) is 8.69. The Morgan fingerprint density at radius 1 is 1.17 bits per heavy atom. The molecular formula is C24H27N3O3. The lowest BCUT2D eigenvalue weighted by Crippen LogP contribution is -2.24. The maximum atomic E-state index is 12.8. The number of ether oxygens (including phenoxy) is 1. The number of esters is 1. The van der Waals surface area contributed by atoms with Crippen molar-refractivity contribution in [2.75, 3.05) is 18.6 Å². The van der Waals surface area contributed by atoms with Crippen LogP contribution in [0.4, 0.5) is 5.69 Å². The van der Waals surface area contributed by atoms with Gasteiger partial charge in [0.05, 0.1) is 18.1 Å². The number of unbranched alkanes of at least 4 members (excludes halogenated alkanes) is 1. The first-order chi connectivity index (χ1) is 14.6. The van der Waals surface area contributed by atoms with E-state index in [1.807, 2.05) is 45.9 Å². The van der Waals surface area contributed by atoms with Crippen molar-refractivity contribution in [1.29, 1.82) is 0 Å². The fourth-order valence-corrected chi connectivity index (χ4v) is 4.12. The Morgan fingerprint density at radius 3 is 2.67 bits per heavy atom.